The van der Waals surface area contributed by atoms with Gasteiger partial charge in [-0.15, -0.1) is 0 Å². The summed E-state index contributed by atoms with van der Waals surface area (Å²) in [6.45, 7) is 7.98. The molecule has 0 bridgehead atoms. The Morgan fingerprint density at radius 3 is 2.56 bits per heavy atom. The predicted molar refractivity (Wildman–Crippen MR) is 60.7 cm³/mol. The molecule has 1 rings (SSSR count). The molecule has 0 radical (unpaired) electrons. The Hall–Kier alpha value is -0.940. The molecule has 2 atom stereocenters. The van der Waals surface area contributed by atoms with Crippen molar-refractivity contribution in [3.63, 3.8) is 0 Å². The second-order valence-electron chi connectivity index (χ2n) is 4.51. The van der Waals surface area contributed by atoms with E-state index in [9.17, 15) is 0 Å². The fourth-order valence-electron chi connectivity index (χ4n) is 1.26. The van der Waals surface area contributed by atoms with Gasteiger partial charge in [0.15, 0.2) is 0 Å². The van der Waals surface area contributed by atoms with Crippen LogP contribution in [0.4, 0.5) is 0 Å². The molecule has 1 aromatic rings. The molecule has 0 spiro atoms. The van der Waals surface area contributed by atoms with Gasteiger partial charge in [0, 0.05) is 7.11 Å². The highest BCUT2D eigenvalue weighted by molar-refractivity contribution is 5.01. The number of nitrogens with zero attached hydrogens (tertiary/aromatic N) is 2. The van der Waals surface area contributed by atoms with E-state index >= 15 is 0 Å². The Morgan fingerprint density at radius 2 is 2.12 bits per heavy atom. The lowest BCUT2D eigenvalue weighted by Crippen LogP contribution is -2.25. The lowest BCUT2D eigenvalue weighted by Gasteiger charge is -2.21. The molecule has 0 saturated heterocycles. The maximum absolute atomic E-state index is 5.94. The number of rotatable bonds is 5. The summed E-state index contributed by atoms with van der Waals surface area (Å²) in [6.07, 6.45) is 0.777. The smallest absolute Gasteiger partial charge is 0.243 e. The van der Waals surface area contributed by atoms with Crippen LogP contribution in [-0.2, 0) is 10.3 Å². The van der Waals surface area contributed by atoms with Gasteiger partial charge in [-0.25, -0.2) is 0 Å². The average molecular weight is 227 g/mol. The Kier molecular flexibility index (Phi) is 4.04. The summed E-state index contributed by atoms with van der Waals surface area (Å²) in [5.74, 6) is 1.30. The van der Waals surface area contributed by atoms with Gasteiger partial charge in [0.05, 0.1) is 6.04 Å². The van der Waals surface area contributed by atoms with E-state index < -0.39 is 5.60 Å². The number of aromatic nitrogens is 2. The minimum absolute atomic E-state index is 0.223. The van der Waals surface area contributed by atoms with Crippen LogP contribution in [0.15, 0.2) is 4.52 Å². The molecule has 1 heterocycles. The molecule has 0 saturated carbocycles. The number of hydrogen-bond acceptors (Lipinski definition) is 5. The van der Waals surface area contributed by atoms with Crippen molar-refractivity contribution < 1.29 is 9.26 Å². The van der Waals surface area contributed by atoms with Gasteiger partial charge in [0.25, 0.3) is 0 Å². The fourth-order valence-corrected chi connectivity index (χ4v) is 1.26. The molecular weight excluding hydrogens is 206 g/mol. The average Bonchev–Trinajstić information content (AvgIpc) is 2.76. The van der Waals surface area contributed by atoms with Crippen LogP contribution < -0.4 is 5.73 Å². The van der Waals surface area contributed by atoms with Crippen LogP contribution in [0.5, 0.6) is 0 Å². The van der Waals surface area contributed by atoms with Crippen molar-refractivity contribution >= 4 is 0 Å². The van der Waals surface area contributed by atoms with Gasteiger partial charge in [-0.1, -0.05) is 25.9 Å². The quantitative estimate of drug-likeness (QED) is 0.832. The molecule has 1 unspecified atom stereocenters. The minimum Gasteiger partial charge on any atom is -0.370 e. The third kappa shape index (κ3) is 2.41. The highest BCUT2D eigenvalue weighted by Gasteiger charge is 2.31. The van der Waals surface area contributed by atoms with Crippen molar-refractivity contribution in [3.05, 3.63) is 11.7 Å². The van der Waals surface area contributed by atoms with Crippen LogP contribution in [0, 0.1) is 5.92 Å². The van der Waals surface area contributed by atoms with Crippen LogP contribution in [-0.4, -0.2) is 17.3 Å². The van der Waals surface area contributed by atoms with Crippen LogP contribution >= 0.6 is 0 Å². The molecule has 16 heavy (non-hydrogen) atoms. The summed E-state index contributed by atoms with van der Waals surface area (Å²) in [7, 11) is 1.64. The molecule has 0 aliphatic heterocycles. The Labute approximate surface area is 96.4 Å². The third-order valence-corrected chi connectivity index (χ3v) is 3.04. The zero-order valence-corrected chi connectivity index (χ0v) is 10.7. The van der Waals surface area contributed by atoms with Crippen LogP contribution in [0.3, 0.4) is 0 Å². The van der Waals surface area contributed by atoms with E-state index in [1.165, 1.54) is 0 Å². The first-order chi connectivity index (χ1) is 7.44. The summed E-state index contributed by atoms with van der Waals surface area (Å²) >= 11 is 0. The molecule has 2 N–H and O–H groups in total. The Bertz CT molecular complexity index is 332. The van der Waals surface area contributed by atoms with E-state index in [-0.39, 0.29) is 12.0 Å². The molecule has 0 amide bonds. The zero-order valence-electron chi connectivity index (χ0n) is 10.7. The summed E-state index contributed by atoms with van der Waals surface area (Å²) in [6, 6.07) is -0.223. The number of nitrogens with two attached hydrogens (primary N) is 1. The van der Waals surface area contributed by atoms with Crippen molar-refractivity contribution in [3.8, 4) is 0 Å². The standard InChI is InChI=1S/C11H21N3O2/c1-6-11(4,15-5)10-13-9(16-14-10)8(12)7(2)3/h7-8H,6,12H2,1-5H3/t8-,11?/m1/s1. The second-order valence-corrected chi connectivity index (χ2v) is 4.51. The largest absolute Gasteiger partial charge is 0.370 e. The predicted octanol–water partition coefficient (Wildman–Crippen LogP) is 2.00. The van der Waals surface area contributed by atoms with E-state index in [1.807, 2.05) is 27.7 Å². The SMILES string of the molecule is CCC(C)(OC)c1noc([C@H](N)C(C)C)n1. The highest BCUT2D eigenvalue weighted by atomic mass is 16.5. The molecule has 5 nitrogen and oxygen atoms in total. The van der Waals surface area contributed by atoms with E-state index in [2.05, 4.69) is 10.1 Å². The monoisotopic (exact) mass is 227 g/mol. The Balaban J connectivity index is 2.94. The Morgan fingerprint density at radius 1 is 1.50 bits per heavy atom. The summed E-state index contributed by atoms with van der Waals surface area (Å²) in [5, 5.41) is 3.94. The molecule has 0 fully saturated rings. The van der Waals surface area contributed by atoms with Crippen LogP contribution in [0.2, 0.25) is 0 Å². The van der Waals surface area contributed by atoms with Crippen LogP contribution in [0.1, 0.15) is 51.9 Å². The third-order valence-electron chi connectivity index (χ3n) is 3.04. The topological polar surface area (TPSA) is 74.2 Å². The van der Waals surface area contributed by atoms with Gasteiger partial charge < -0.3 is 15.0 Å². The van der Waals surface area contributed by atoms with Gasteiger partial charge in [0.2, 0.25) is 11.7 Å². The fraction of sp³-hybridized carbons (Fsp3) is 0.818. The number of ether oxygens (including phenoxy) is 1. The molecule has 1 aromatic heterocycles. The normalized spacial score (nSPS) is 17.4. The van der Waals surface area contributed by atoms with E-state index in [1.54, 1.807) is 7.11 Å². The minimum atomic E-state index is -0.502. The van der Waals surface area contributed by atoms with E-state index in [0.29, 0.717) is 11.7 Å². The molecule has 0 aliphatic rings. The summed E-state index contributed by atoms with van der Waals surface area (Å²) in [5.41, 5.74) is 5.44. The second kappa shape index (κ2) is 4.93. The first kappa shape index (κ1) is 13.1. The molecular formula is C11H21N3O2. The lowest BCUT2D eigenvalue weighted by molar-refractivity contribution is -0.0106. The molecule has 0 aromatic carbocycles. The molecule has 92 valence electrons. The number of hydrogen-bond donors (Lipinski definition) is 1. The van der Waals surface area contributed by atoms with E-state index in [0.717, 1.165) is 6.42 Å². The van der Waals surface area contributed by atoms with Crippen LogP contribution in [0.25, 0.3) is 0 Å². The maximum atomic E-state index is 5.94. The van der Waals surface area contributed by atoms with Crippen molar-refractivity contribution in [2.24, 2.45) is 11.7 Å². The first-order valence-corrected chi connectivity index (χ1v) is 5.59. The van der Waals surface area contributed by atoms with Crippen molar-refractivity contribution in [1.82, 2.24) is 10.1 Å². The van der Waals surface area contributed by atoms with Gasteiger partial charge in [-0.05, 0) is 19.3 Å². The lowest BCUT2D eigenvalue weighted by atomic mass is 10.0. The zero-order chi connectivity index (χ0) is 12.3. The van der Waals surface area contributed by atoms with Gasteiger partial charge >= 0.3 is 0 Å². The van der Waals surface area contributed by atoms with E-state index in [4.69, 9.17) is 15.0 Å². The maximum Gasteiger partial charge on any atom is 0.243 e. The van der Waals surface area contributed by atoms with Crippen molar-refractivity contribution in [2.75, 3.05) is 7.11 Å². The molecule has 5 heteroatoms. The van der Waals surface area contributed by atoms with Gasteiger partial charge in [-0.3, -0.25) is 0 Å². The van der Waals surface area contributed by atoms with Crippen molar-refractivity contribution in [1.29, 1.82) is 0 Å². The summed E-state index contributed by atoms with van der Waals surface area (Å²) in [4.78, 5) is 4.32. The molecule has 0 aliphatic carbocycles. The van der Waals surface area contributed by atoms with Gasteiger partial charge in [-0.2, -0.15) is 4.98 Å². The summed E-state index contributed by atoms with van der Waals surface area (Å²) < 4.78 is 10.6. The van der Waals surface area contributed by atoms with Crippen molar-refractivity contribution in [2.45, 2.75) is 45.8 Å². The number of methoxy groups -OCH3 is 1. The first-order valence-electron chi connectivity index (χ1n) is 5.59. The van der Waals surface area contributed by atoms with Gasteiger partial charge in [0.1, 0.15) is 5.60 Å². The highest BCUT2D eigenvalue weighted by Crippen LogP contribution is 2.27.